The Labute approximate surface area is 193 Å². The zero-order valence-electron chi connectivity index (χ0n) is 18.7. The largest absolute Gasteiger partial charge is 0.309 e. The fourth-order valence-corrected chi connectivity index (χ4v) is 4.79. The SMILES string of the molecule is CC(C)(c1ccc2c3ccccc3n(-c3cccc(C4N=CC=N4)c3)c2c1)c1ccccn1. The first-order valence-electron chi connectivity index (χ1n) is 11.2. The molecule has 6 rings (SSSR count). The molecule has 0 N–H and O–H groups in total. The summed E-state index contributed by atoms with van der Waals surface area (Å²) in [6.45, 7) is 4.47. The van der Waals surface area contributed by atoms with Crippen LogP contribution in [-0.4, -0.2) is 22.0 Å². The molecule has 1 aliphatic heterocycles. The number of rotatable bonds is 4. The fraction of sp³-hybridized carbons (Fsp3) is 0.138. The molecule has 160 valence electrons. The Kier molecular flexibility index (Phi) is 4.47. The lowest BCUT2D eigenvalue weighted by atomic mass is 9.81. The Morgan fingerprint density at radius 2 is 1.52 bits per heavy atom. The Balaban J connectivity index is 1.59. The molecule has 3 heterocycles. The van der Waals surface area contributed by atoms with Crippen molar-refractivity contribution >= 4 is 34.2 Å². The standard InChI is InChI=1S/C29H24N4/c1-29(2,27-12-5-6-15-30-27)21-13-14-24-23-10-3-4-11-25(23)33(26(24)19-21)22-9-7-8-20(18-22)28-31-16-17-32-28/h3-19,28H,1-2H3. The van der Waals surface area contributed by atoms with E-state index < -0.39 is 0 Å². The van der Waals surface area contributed by atoms with Gasteiger partial charge in [-0.05, 0) is 42.0 Å². The average Bonchev–Trinajstić information content (AvgIpc) is 3.51. The third kappa shape index (κ3) is 3.18. The number of hydrogen-bond donors (Lipinski definition) is 0. The van der Waals surface area contributed by atoms with Crippen LogP contribution in [0.5, 0.6) is 0 Å². The van der Waals surface area contributed by atoms with E-state index in [1.54, 1.807) is 12.4 Å². The van der Waals surface area contributed by atoms with Gasteiger partial charge in [-0.15, -0.1) is 0 Å². The van der Waals surface area contributed by atoms with Crippen LogP contribution >= 0.6 is 0 Å². The topological polar surface area (TPSA) is 42.5 Å². The zero-order valence-corrected chi connectivity index (χ0v) is 18.7. The second-order valence-corrected chi connectivity index (χ2v) is 8.99. The number of hydrogen-bond acceptors (Lipinski definition) is 3. The lowest BCUT2D eigenvalue weighted by Crippen LogP contribution is -2.20. The van der Waals surface area contributed by atoms with Crippen LogP contribution in [-0.2, 0) is 5.41 Å². The number of benzene rings is 3. The zero-order chi connectivity index (χ0) is 22.4. The van der Waals surface area contributed by atoms with E-state index in [0.29, 0.717) is 0 Å². The summed E-state index contributed by atoms with van der Waals surface area (Å²) in [5.41, 5.74) is 6.66. The molecule has 0 spiro atoms. The summed E-state index contributed by atoms with van der Waals surface area (Å²) in [7, 11) is 0. The number of para-hydroxylation sites is 1. The molecular formula is C29H24N4. The van der Waals surface area contributed by atoms with Gasteiger partial charge in [0.25, 0.3) is 0 Å². The maximum atomic E-state index is 4.65. The van der Waals surface area contributed by atoms with Crippen LogP contribution in [0.2, 0.25) is 0 Å². The van der Waals surface area contributed by atoms with Crippen molar-refractivity contribution in [3.8, 4) is 5.69 Å². The van der Waals surface area contributed by atoms with Crippen molar-refractivity contribution < 1.29 is 0 Å². The maximum Gasteiger partial charge on any atom is 0.165 e. The van der Waals surface area contributed by atoms with Gasteiger partial charge in [0.2, 0.25) is 0 Å². The lowest BCUT2D eigenvalue weighted by Gasteiger charge is -2.25. The van der Waals surface area contributed by atoms with Crippen molar-refractivity contribution in [3.63, 3.8) is 0 Å². The Bertz CT molecular complexity index is 1530. The van der Waals surface area contributed by atoms with Gasteiger partial charge in [0, 0.05) is 46.1 Å². The molecular weight excluding hydrogens is 404 g/mol. The van der Waals surface area contributed by atoms with E-state index in [9.17, 15) is 0 Å². The summed E-state index contributed by atoms with van der Waals surface area (Å²) in [5.74, 6) is 0. The molecule has 0 unspecified atom stereocenters. The predicted molar refractivity (Wildman–Crippen MR) is 137 cm³/mol. The molecule has 0 aliphatic carbocycles. The van der Waals surface area contributed by atoms with Gasteiger partial charge in [-0.2, -0.15) is 0 Å². The minimum Gasteiger partial charge on any atom is -0.309 e. The normalized spacial score (nSPS) is 14.0. The van der Waals surface area contributed by atoms with Gasteiger partial charge < -0.3 is 4.57 Å². The first-order valence-corrected chi connectivity index (χ1v) is 11.2. The number of aromatic nitrogens is 2. The molecule has 4 nitrogen and oxygen atoms in total. The summed E-state index contributed by atoms with van der Waals surface area (Å²) in [4.78, 5) is 13.6. The average molecular weight is 429 g/mol. The number of pyridine rings is 1. The highest BCUT2D eigenvalue weighted by atomic mass is 15.0. The highest BCUT2D eigenvalue weighted by Gasteiger charge is 2.26. The van der Waals surface area contributed by atoms with Gasteiger partial charge in [0.05, 0.1) is 16.7 Å². The summed E-state index contributed by atoms with van der Waals surface area (Å²) in [6.07, 6.45) is 5.25. The molecule has 33 heavy (non-hydrogen) atoms. The Morgan fingerprint density at radius 3 is 2.33 bits per heavy atom. The molecule has 0 amide bonds. The van der Waals surface area contributed by atoms with Crippen molar-refractivity contribution in [2.45, 2.75) is 25.4 Å². The van der Waals surface area contributed by atoms with Crippen molar-refractivity contribution in [2.24, 2.45) is 9.98 Å². The molecule has 0 bridgehead atoms. The van der Waals surface area contributed by atoms with Crippen molar-refractivity contribution in [1.29, 1.82) is 0 Å². The van der Waals surface area contributed by atoms with Gasteiger partial charge in [-0.1, -0.05) is 62.4 Å². The summed E-state index contributed by atoms with van der Waals surface area (Å²) < 4.78 is 2.36. The van der Waals surface area contributed by atoms with Crippen molar-refractivity contribution in [1.82, 2.24) is 9.55 Å². The second-order valence-electron chi connectivity index (χ2n) is 8.99. The molecule has 5 aromatic rings. The van der Waals surface area contributed by atoms with E-state index in [-0.39, 0.29) is 11.6 Å². The molecule has 0 radical (unpaired) electrons. The van der Waals surface area contributed by atoms with E-state index in [4.69, 9.17) is 0 Å². The minimum atomic E-state index is -0.216. The molecule has 2 aromatic heterocycles. The second kappa shape index (κ2) is 7.52. The predicted octanol–water partition coefficient (Wildman–Crippen LogP) is 6.66. The van der Waals surface area contributed by atoms with Crippen LogP contribution < -0.4 is 0 Å². The Morgan fingerprint density at radius 1 is 0.727 bits per heavy atom. The minimum absolute atomic E-state index is 0.156. The molecule has 1 aliphatic rings. The number of nitrogens with zero attached hydrogens (tertiary/aromatic N) is 4. The highest BCUT2D eigenvalue weighted by Crippen LogP contribution is 2.37. The summed E-state index contributed by atoms with van der Waals surface area (Å²) >= 11 is 0. The first-order chi connectivity index (χ1) is 16.1. The highest BCUT2D eigenvalue weighted by molar-refractivity contribution is 6.17. The van der Waals surface area contributed by atoms with E-state index >= 15 is 0 Å². The molecule has 0 atom stereocenters. The quantitative estimate of drug-likeness (QED) is 0.316. The molecule has 4 heteroatoms. The van der Waals surface area contributed by atoms with E-state index in [1.165, 1.54) is 27.4 Å². The van der Waals surface area contributed by atoms with E-state index in [1.807, 2.05) is 12.3 Å². The van der Waals surface area contributed by atoms with Crippen molar-refractivity contribution in [2.75, 3.05) is 0 Å². The first kappa shape index (κ1) is 19.6. The van der Waals surface area contributed by atoms with Crippen LogP contribution in [0.3, 0.4) is 0 Å². The smallest absolute Gasteiger partial charge is 0.165 e. The lowest BCUT2D eigenvalue weighted by molar-refractivity contribution is 0.617. The van der Waals surface area contributed by atoms with Crippen molar-refractivity contribution in [3.05, 3.63) is 108 Å². The maximum absolute atomic E-state index is 4.65. The molecule has 0 saturated heterocycles. The van der Waals surface area contributed by atoms with Crippen LogP contribution in [0.15, 0.2) is 101 Å². The third-order valence-electron chi connectivity index (χ3n) is 6.65. The Hall–Kier alpha value is -4.05. The molecule has 0 saturated carbocycles. The third-order valence-corrected chi connectivity index (χ3v) is 6.65. The van der Waals surface area contributed by atoms with E-state index in [2.05, 4.69) is 112 Å². The van der Waals surface area contributed by atoms with Gasteiger partial charge in [0.15, 0.2) is 6.17 Å². The van der Waals surface area contributed by atoms with Crippen LogP contribution in [0, 0.1) is 0 Å². The van der Waals surface area contributed by atoms with Crippen LogP contribution in [0.1, 0.15) is 36.8 Å². The monoisotopic (exact) mass is 428 g/mol. The van der Waals surface area contributed by atoms with Gasteiger partial charge in [-0.3, -0.25) is 15.0 Å². The van der Waals surface area contributed by atoms with E-state index in [0.717, 1.165) is 16.9 Å². The molecule has 0 fully saturated rings. The van der Waals surface area contributed by atoms with Crippen LogP contribution in [0.4, 0.5) is 0 Å². The number of aliphatic imine (C=N–C) groups is 2. The number of fused-ring (bicyclic) bond motifs is 3. The van der Waals surface area contributed by atoms with Gasteiger partial charge >= 0.3 is 0 Å². The van der Waals surface area contributed by atoms with Crippen LogP contribution in [0.25, 0.3) is 27.5 Å². The molecule has 3 aromatic carbocycles. The fourth-order valence-electron chi connectivity index (χ4n) is 4.79. The van der Waals surface area contributed by atoms with Gasteiger partial charge in [0.1, 0.15) is 0 Å². The summed E-state index contributed by atoms with van der Waals surface area (Å²) in [5, 5.41) is 2.49. The van der Waals surface area contributed by atoms with Gasteiger partial charge in [-0.25, -0.2) is 0 Å². The summed E-state index contributed by atoms with van der Waals surface area (Å²) in [6, 6.07) is 30.1.